The Bertz CT molecular complexity index is 130. The Morgan fingerprint density at radius 3 is 2.75 bits per heavy atom. The molecule has 0 spiro atoms. The van der Waals surface area contributed by atoms with E-state index in [9.17, 15) is 4.79 Å². The number of nitrogens with one attached hydrogen (secondary N) is 1. The van der Waals surface area contributed by atoms with Crippen LogP contribution in [0.25, 0.3) is 0 Å². The van der Waals surface area contributed by atoms with Gasteiger partial charge in [0, 0.05) is 18.2 Å². The van der Waals surface area contributed by atoms with Crippen molar-refractivity contribution in [1.82, 2.24) is 5.00 Å². The second kappa shape index (κ2) is 7.34. The molecule has 0 aliphatic heterocycles. The lowest BCUT2D eigenvalue weighted by Crippen LogP contribution is -2.12. The lowest BCUT2D eigenvalue weighted by atomic mass is 10.3. The third-order valence-electron chi connectivity index (χ3n) is 1.05. The van der Waals surface area contributed by atoms with E-state index >= 15 is 0 Å². The fraction of sp³-hybridized carbons (Fsp3) is 0.857. The van der Waals surface area contributed by atoms with Crippen LogP contribution >= 0.6 is 11.8 Å². The van der Waals surface area contributed by atoms with Crippen LogP contribution in [-0.2, 0) is 14.4 Å². The van der Waals surface area contributed by atoms with Crippen LogP contribution in [0.15, 0.2) is 0 Å². The Balaban J connectivity index is 3.20. The second-order valence-electron chi connectivity index (χ2n) is 2.57. The van der Waals surface area contributed by atoms with Crippen molar-refractivity contribution in [3.8, 4) is 0 Å². The molecule has 72 valence electrons. The molecule has 12 heavy (non-hydrogen) atoms. The molecule has 0 radical (unpaired) electrons. The molecule has 0 saturated carbocycles. The molecule has 0 bridgehead atoms. The Labute approximate surface area is 77.2 Å². The third-order valence-corrected chi connectivity index (χ3v) is 1.16. The highest BCUT2D eigenvalue weighted by atomic mass is 35.5. The second-order valence-corrected chi connectivity index (χ2v) is 2.72. The lowest BCUT2D eigenvalue weighted by molar-refractivity contribution is -0.147. The summed E-state index contributed by atoms with van der Waals surface area (Å²) in [5, 5.41) is 0. The molecule has 0 amide bonds. The van der Waals surface area contributed by atoms with Crippen LogP contribution in [0.3, 0.4) is 0 Å². The van der Waals surface area contributed by atoms with E-state index in [0.29, 0.717) is 19.4 Å². The lowest BCUT2D eigenvalue weighted by Gasteiger charge is -2.06. The van der Waals surface area contributed by atoms with Crippen molar-refractivity contribution in [2.75, 3.05) is 6.61 Å². The first-order valence-corrected chi connectivity index (χ1v) is 4.21. The van der Waals surface area contributed by atoms with Crippen LogP contribution in [0.2, 0.25) is 0 Å². The highest BCUT2D eigenvalue weighted by molar-refractivity contribution is 6.12. The minimum absolute atomic E-state index is 0.0513. The Morgan fingerprint density at radius 1 is 1.58 bits per heavy atom. The summed E-state index contributed by atoms with van der Waals surface area (Å²) in [5.74, 6) is -0.205. The molecule has 0 atom stereocenters. The first-order chi connectivity index (χ1) is 5.66. The van der Waals surface area contributed by atoms with Gasteiger partial charge in [0.05, 0.1) is 12.7 Å². The number of rotatable bonds is 6. The molecule has 0 aromatic heterocycles. The zero-order chi connectivity index (χ0) is 9.40. The van der Waals surface area contributed by atoms with Crippen LogP contribution in [0.4, 0.5) is 0 Å². The van der Waals surface area contributed by atoms with Gasteiger partial charge in [-0.2, -0.15) is 0 Å². The highest BCUT2D eigenvalue weighted by Crippen LogP contribution is 1.96. The molecule has 0 aromatic carbocycles. The summed E-state index contributed by atoms with van der Waals surface area (Å²) in [6.45, 7) is 4.03. The number of hydrogen-bond donors (Lipinski definition) is 1. The quantitative estimate of drug-likeness (QED) is 0.301. The minimum Gasteiger partial charge on any atom is -0.463 e. The van der Waals surface area contributed by atoms with Crippen LogP contribution in [0, 0.1) is 0 Å². The highest BCUT2D eigenvalue weighted by Gasteiger charge is 2.04. The van der Waals surface area contributed by atoms with Gasteiger partial charge in [-0.3, -0.25) is 9.63 Å². The van der Waals surface area contributed by atoms with Crippen molar-refractivity contribution < 1.29 is 14.4 Å². The molecule has 0 unspecified atom stereocenters. The van der Waals surface area contributed by atoms with Crippen molar-refractivity contribution in [1.29, 1.82) is 0 Å². The predicted molar refractivity (Wildman–Crippen MR) is 45.4 cm³/mol. The van der Waals surface area contributed by atoms with Crippen molar-refractivity contribution >= 4 is 17.7 Å². The molecule has 5 heteroatoms. The number of hydrogen-bond acceptors (Lipinski definition) is 4. The summed E-state index contributed by atoms with van der Waals surface area (Å²) in [4.78, 5) is 17.5. The number of ether oxygens (including phenoxy) is 1. The van der Waals surface area contributed by atoms with Crippen molar-refractivity contribution in [2.45, 2.75) is 32.8 Å². The molecular weight excluding hydrogens is 182 g/mol. The van der Waals surface area contributed by atoms with Crippen LogP contribution in [-0.4, -0.2) is 18.7 Å². The predicted octanol–water partition coefficient (Wildman–Crippen LogP) is 1.39. The Morgan fingerprint density at radius 2 is 2.25 bits per heavy atom. The number of carbonyl (C=O) groups is 1. The number of halogens is 1. The maximum absolute atomic E-state index is 10.9. The first kappa shape index (κ1) is 11.7. The van der Waals surface area contributed by atoms with Crippen molar-refractivity contribution in [2.24, 2.45) is 0 Å². The fourth-order valence-electron chi connectivity index (χ4n) is 0.649. The molecule has 0 aromatic rings. The number of esters is 1. The van der Waals surface area contributed by atoms with Gasteiger partial charge in [-0.25, -0.2) is 0 Å². The van der Waals surface area contributed by atoms with E-state index < -0.39 is 0 Å². The van der Waals surface area contributed by atoms with Crippen LogP contribution in [0.5, 0.6) is 0 Å². The monoisotopic (exact) mass is 195 g/mol. The maximum atomic E-state index is 10.9. The summed E-state index contributed by atoms with van der Waals surface area (Å²) < 4.78 is 4.88. The van der Waals surface area contributed by atoms with Gasteiger partial charge in [0.2, 0.25) is 0 Å². The smallest absolute Gasteiger partial charge is 0.306 e. The zero-order valence-corrected chi connectivity index (χ0v) is 8.06. The zero-order valence-electron chi connectivity index (χ0n) is 7.30. The normalized spacial score (nSPS) is 10.3. The van der Waals surface area contributed by atoms with E-state index in [1.54, 1.807) is 0 Å². The van der Waals surface area contributed by atoms with Gasteiger partial charge in [0.25, 0.3) is 0 Å². The molecule has 0 fully saturated rings. The molecule has 1 N–H and O–H groups in total. The van der Waals surface area contributed by atoms with E-state index in [1.165, 1.54) is 0 Å². The summed E-state index contributed by atoms with van der Waals surface area (Å²) in [6.07, 6.45) is 0.909. The van der Waals surface area contributed by atoms with Gasteiger partial charge >= 0.3 is 5.97 Å². The summed E-state index contributed by atoms with van der Waals surface area (Å²) in [7, 11) is 0. The minimum atomic E-state index is -0.205. The summed E-state index contributed by atoms with van der Waals surface area (Å²) in [6, 6.07) is 0. The van der Waals surface area contributed by atoms with Gasteiger partial charge in [-0.15, -0.1) is 5.00 Å². The summed E-state index contributed by atoms with van der Waals surface area (Å²) in [5.41, 5.74) is 0. The third kappa shape index (κ3) is 7.78. The van der Waals surface area contributed by atoms with Crippen LogP contribution < -0.4 is 5.00 Å². The largest absolute Gasteiger partial charge is 0.463 e. The summed E-state index contributed by atoms with van der Waals surface area (Å²) >= 11 is 5.01. The van der Waals surface area contributed by atoms with E-state index in [0.717, 1.165) is 0 Å². The number of carbonyl (C=O) groups excluding carboxylic acids is 1. The van der Waals surface area contributed by atoms with E-state index in [-0.39, 0.29) is 12.1 Å². The molecule has 0 saturated heterocycles. The molecule has 0 aliphatic carbocycles. The van der Waals surface area contributed by atoms with Crippen molar-refractivity contribution in [3.05, 3.63) is 0 Å². The average molecular weight is 196 g/mol. The first-order valence-electron chi connectivity index (χ1n) is 3.83. The Kier molecular flexibility index (Phi) is 7.14. The molecular formula is C7H14ClNO3. The topological polar surface area (TPSA) is 47.6 Å². The van der Waals surface area contributed by atoms with E-state index in [4.69, 9.17) is 16.5 Å². The maximum Gasteiger partial charge on any atom is 0.306 e. The van der Waals surface area contributed by atoms with E-state index in [1.807, 2.05) is 18.8 Å². The van der Waals surface area contributed by atoms with Crippen LogP contribution in [0.1, 0.15) is 26.7 Å². The molecule has 0 heterocycles. The average Bonchev–Trinajstić information content (AvgIpc) is 1.97. The van der Waals surface area contributed by atoms with Gasteiger partial charge in [-0.05, 0) is 20.3 Å². The van der Waals surface area contributed by atoms with Gasteiger partial charge in [0.1, 0.15) is 0 Å². The van der Waals surface area contributed by atoms with Gasteiger partial charge in [-0.1, -0.05) is 0 Å². The van der Waals surface area contributed by atoms with Gasteiger partial charge in [0.15, 0.2) is 0 Å². The fourth-order valence-corrected chi connectivity index (χ4v) is 0.726. The SMILES string of the molecule is CC(C)OC(=O)CCCONCl. The Hall–Kier alpha value is -0.320. The van der Waals surface area contributed by atoms with Crippen molar-refractivity contribution in [3.63, 3.8) is 0 Å². The molecule has 0 rings (SSSR count). The molecule has 4 nitrogen and oxygen atoms in total. The molecule has 0 aliphatic rings. The standard InChI is InChI=1S/C7H14ClNO3/c1-6(2)12-7(10)4-3-5-11-9-8/h6,9H,3-5H2,1-2H3. The van der Waals surface area contributed by atoms with E-state index in [2.05, 4.69) is 4.84 Å². The van der Waals surface area contributed by atoms with Gasteiger partial charge < -0.3 is 4.74 Å².